The minimum Gasteiger partial charge on any atom is -0.480 e. The maximum absolute atomic E-state index is 12.0. The molecule has 0 saturated carbocycles. The number of amides is 4. The average Bonchev–Trinajstić information content (AvgIpc) is 2.65. The predicted octanol–water partition coefficient (Wildman–Crippen LogP) is -4.18. The minimum atomic E-state index is -1.25. The molecule has 30 heavy (non-hydrogen) atoms. The lowest BCUT2D eigenvalue weighted by molar-refractivity contribution is -0.142. The van der Waals surface area contributed by atoms with E-state index in [9.17, 15) is 24.0 Å². The van der Waals surface area contributed by atoms with Gasteiger partial charge < -0.3 is 44.0 Å². The van der Waals surface area contributed by atoms with E-state index in [1.54, 1.807) is 0 Å². The molecular weight excluding hydrogens is 400 g/mol. The van der Waals surface area contributed by atoms with Crippen LogP contribution in [-0.2, 0) is 24.0 Å². The topological polar surface area (TPSA) is 258 Å². The molecule has 0 aromatic carbocycles. The normalized spacial score (nSPS) is 13.3. The molecule has 170 valence electrons. The molecule has 4 amide bonds. The monoisotopic (exact) mass is 430 g/mol. The SMILES string of the molecule is CC(NC(=O)C(N)CCC(N)=O)C(=O)NCC(=O)NC(CCCN=C(N)N)C(=O)O. The van der Waals surface area contributed by atoms with Gasteiger partial charge in [0.1, 0.15) is 12.1 Å². The molecule has 0 radical (unpaired) electrons. The third-order valence-corrected chi connectivity index (χ3v) is 3.79. The van der Waals surface area contributed by atoms with Gasteiger partial charge in [-0.1, -0.05) is 0 Å². The molecule has 0 heterocycles. The van der Waals surface area contributed by atoms with Crippen LogP contribution in [0.4, 0.5) is 0 Å². The van der Waals surface area contributed by atoms with Crippen LogP contribution in [0.3, 0.4) is 0 Å². The number of guanidine groups is 1. The number of carboxylic acids is 1. The van der Waals surface area contributed by atoms with Crippen molar-refractivity contribution in [3.05, 3.63) is 0 Å². The van der Waals surface area contributed by atoms with E-state index in [1.165, 1.54) is 6.92 Å². The lowest BCUT2D eigenvalue weighted by Gasteiger charge is -2.18. The first-order chi connectivity index (χ1) is 13.9. The van der Waals surface area contributed by atoms with Crippen LogP contribution in [0.15, 0.2) is 4.99 Å². The zero-order chi connectivity index (χ0) is 23.3. The van der Waals surface area contributed by atoms with E-state index >= 15 is 0 Å². The van der Waals surface area contributed by atoms with Crippen molar-refractivity contribution in [3.8, 4) is 0 Å². The Balaban J connectivity index is 4.40. The van der Waals surface area contributed by atoms with Gasteiger partial charge >= 0.3 is 5.97 Å². The fourth-order valence-corrected chi connectivity index (χ4v) is 2.14. The van der Waals surface area contributed by atoms with Crippen LogP contribution in [0.5, 0.6) is 0 Å². The van der Waals surface area contributed by atoms with Crippen molar-refractivity contribution in [2.24, 2.45) is 27.9 Å². The van der Waals surface area contributed by atoms with E-state index in [4.69, 9.17) is 28.0 Å². The maximum Gasteiger partial charge on any atom is 0.326 e. The van der Waals surface area contributed by atoms with Gasteiger partial charge in [0, 0.05) is 13.0 Å². The molecule has 3 atom stereocenters. The molecule has 0 rings (SSSR count). The van der Waals surface area contributed by atoms with Gasteiger partial charge in [0.25, 0.3) is 0 Å². The van der Waals surface area contributed by atoms with E-state index in [2.05, 4.69) is 20.9 Å². The van der Waals surface area contributed by atoms with Crippen molar-refractivity contribution in [1.82, 2.24) is 16.0 Å². The number of carbonyl (C=O) groups excluding carboxylic acids is 4. The summed E-state index contributed by atoms with van der Waals surface area (Å²) in [7, 11) is 0. The van der Waals surface area contributed by atoms with Crippen LogP contribution in [-0.4, -0.2) is 71.9 Å². The average molecular weight is 430 g/mol. The van der Waals surface area contributed by atoms with Gasteiger partial charge in [-0.15, -0.1) is 0 Å². The number of carboxylic acid groups (broad SMARTS) is 1. The van der Waals surface area contributed by atoms with Gasteiger partial charge in [-0.05, 0) is 26.2 Å². The number of hydrogen-bond acceptors (Lipinski definition) is 7. The Labute approximate surface area is 173 Å². The molecule has 0 fully saturated rings. The van der Waals surface area contributed by atoms with E-state index in [0.717, 1.165) is 0 Å². The predicted molar refractivity (Wildman–Crippen MR) is 106 cm³/mol. The molecule has 0 aliphatic heterocycles. The quantitative estimate of drug-likeness (QED) is 0.0753. The number of aliphatic carboxylic acids is 1. The van der Waals surface area contributed by atoms with Gasteiger partial charge in [-0.25, -0.2) is 4.79 Å². The molecule has 0 aliphatic rings. The first kappa shape index (κ1) is 26.6. The molecule has 14 nitrogen and oxygen atoms in total. The standard InChI is InChI=1S/C16H30N8O6/c1-8(23-14(28)9(17)4-5-11(18)25)13(27)22-7-12(26)24-10(15(29)30)3-2-6-21-16(19)20/h8-10H,2-7,17H2,1H3,(H2,18,25)(H,22,27)(H,23,28)(H,24,26)(H,29,30)(H4,19,20,21). The van der Waals surface area contributed by atoms with Crippen LogP contribution >= 0.6 is 0 Å². The Morgan fingerprint density at radius 1 is 1.00 bits per heavy atom. The molecule has 0 aromatic rings. The molecular formula is C16H30N8O6. The lowest BCUT2D eigenvalue weighted by Crippen LogP contribution is -2.52. The molecule has 14 heteroatoms. The summed E-state index contributed by atoms with van der Waals surface area (Å²) in [6, 6.07) is -3.21. The Bertz CT molecular complexity index is 664. The number of nitrogens with zero attached hydrogens (tertiary/aromatic N) is 1. The number of primary amides is 1. The Morgan fingerprint density at radius 3 is 2.17 bits per heavy atom. The summed E-state index contributed by atoms with van der Waals surface area (Å²) in [5.74, 6) is -4.04. The second-order valence-corrected chi connectivity index (χ2v) is 6.47. The summed E-state index contributed by atoms with van der Waals surface area (Å²) in [4.78, 5) is 61.4. The van der Waals surface area contributed by atoms with Crippen molar-refractivity contribution >= 4 is 35.6 Å². The molecule has 0 saturated heterocycles. The fourth-order valence-electron chi connectivity index (χ4n) is 2.14. The number of nitrogens with two attached hydrogens (primary N) is 4. The summed E-state index contributed by atoms with van der Waals surface area (Å²) in [6.07, 6.45) is 0.353. The highest BCUT2D eigenvalue weighted by molar-refractivity contribution is 5.92. The van der Waals surface area contributed by atoms with Crippen molar-refractivity contribution in [2.75, 3.05) is 13.1 Å². The van der Waals surface area contributed by atoms with Crippen LogP contribution in [0, 0.1) is 0 Å². The van der Waals surface area contributed by atoms with Crippen molar-refractivity contribution in [2.45, 2.75) is 50.7 Å². The van der Waals surface area contributed by atoms with Crippen molar-refractivity contribution < 1.29 is 29.1 Å². The van der Waals surface area contributed by atoms with Crippen LogP contribution < -0.4 is 38.9 Å². The minimum absolute atomic E-state index is 0.0255. The third-order valence-electron chi connectivity index (χ3n) is 3.79. The van der Waals surface area contributed by atoms with E-state index in [1.807, 2.05) is 0 Å². The number of rotatable bonds is 14. The first-order valence-electron chi connectivity index (χ1n) is 9.13. The Kier molecular flexibility index (Phi) is 12.1. The van der Waals surface area contributed by atoms with E-state index in [-0.39, 0.29) is 31.8 Å². The molecule has 3 unspecified atom stereocenters. The lowest BCUT2D eigenvalue weighted by atomic mass is 10.1. The number of hydrogen-bond donors (Lipinski definition) is 8. The zero-order valence-electron chi connectivity index (χ0n) is 16.7. The molecule has 12 N–H and O–H groups in total. The third kappa shape index (κ3) is 12.1. The van der Waals surface area contributed by atoms with Crippen LogP contribution in [0.2, 0.25) is 0 Å². The Morgan fingerprint density at radius 2 is 1.63 bits per heavy atom. The fraction of sp³-hybridized carbons (Fsp3) is 0.625. The van der Waals surface area contributed by atoms with Gasteiger partial charge in [-0.2, -0.15) is 0 Å². The molecule has 0 aliphatic carbocycles. The van der Waals surface area contributed by atoms with E-state index in [0.29, 0.717) is 6.42 Å². The molecule has 0 aromatic heterocycles. The summed E-state index contributed by atoms with van der Waals surface area (Å²) in [5, 5.41) is 16.0. The summed E-state index contributed by atoms with van der Waals surface area (Å²) in [6.45, 7) is 1.08. The zero-order valence-corrected chi connectivity index (χ0v) is 16.7. The van der Waals surface area contributed by atoms with Crippen molar-refractivity contribution in [1.29, 1.82) is 0 Å². The molecule has 0 spiro atoms. The molecule has 0 bridgehead atoms. The maximum atomic E-state index is 12.0. The van der Waals surface area contributed by atoms with Crippen LogP contribution in [0.1, 0.15) is 32.6 Å². The highest BCUT2D eigenvalue weighted by Crippen LogP contribution is 1.99. The van der Waals surface area contributed by atoms with Gasteiger partial charge in [0.05, 0.1) is 12.6 Å². The second-order valence-electron chi connectivity index (χ2n) is 6.47. The summed E-state index contributed by atoms with van der Waals surface area (Å²) < 4.78 is 0. The van der Waals surface area contributed by atoms with Crippen molar-refractivity contribution in [3.63, 3.8) is 0 Å². The van der Waals surface area contributed by atoms with Gasteiger partial charge in [-0.3, -0.25) is 24.2 Å². The smallest absolute Gasteiger partial charge is 0.326 e. The first-order valence-corrected chi connectivity index (χ1v) is 9.13. The summed E-state index contributed by atoms with van der Waals surface area (Å²) >= 11 is 0. The summed E-state index contributed by atoms with van der Waals surface area (Å²) in [5.41, 5.74) is 20.9. The van der Waals surface area contributed by atoms with Gasteiger partial charge in [0.15, 0.2) is 5.96 Å². The number of nitrogens with one attached hydrogen (secondary N) is 3. The second kappa shape index (κ2) is 13.7. The number of aliphatic imine (C=N–C) groups is 1. The van der Waals surface area contributed by atoms with E-state index < -0.39 is 54.3 Å². The largest absolute Gasteiger partial charge is 0.480 e. The van der Waals surface area contributed by atoms with Gasteiger partial charge in [0.2, 0.25) is 23.6 Å². The number of carbonyl (C=O) groups is 5. The highest BCUT2D eigenvalue weighted by Gasteiger charge is 2.22. The highest BCUT2D eigenvalue weighted by atomic mass is 16.4. The Hall–Kier alpha value is -3.42. The van der Waals surface area contributed by atoms with Crippen LogP contribution in [0.25, 0.3) is 0 Å².